The van der Waals surface area contributed by atoms with Crippen LogP contribution in [-0.2, 0) is 6.42 Å². The highest BCUT2D eigenvalue weighted by atomic mass is 127. The van der Waals surface area contributed by atoms with Crippen LogP contribution < -0.4 is 15.4 Å². The summed E-state index contributed by atoms with van der Waals surface area (Å²) in [6.07, 6.45) is 5.47. The molecule has 0 bridgehead atoms. The Morgan fingerprint density at radius 2 is 2.04 bits per heavy atom. The van der Waals surface area contributed by atoms with Gasteiger partial charge in [0, 0.05) is 19.6 Å². The zero-order valence-electron chi connectivity index (χ0n) is 15.4. The molecule has 0 radical (unpaired) electrons. The Bertz CT molecular complexity index is 483. The van der Waals surface area contributed by atoms with E-state index in [2.05, 4.69) is 53.9 Å². The van der Waals surface area contributed by atoms with E-state index in [4.69, 9.17) is 4.74 Å². The number of halogens is 1. The van der Waals surface area contributed by atoms with E-state index in [1.807, 2.05) is 11.8 Å². The molecule has 0 saturated carbocycles. The fourth-order valence-electron chi connectivity index (χ4n) is 2.24. The Hall–Kier alpha value is -0.630. The van der Waals surface area contributed by atoms with Gasteiger partial charge in [0.05, 0.1) is 7.11 Å². The summed E-state index contributed by atoms with van der Waals surface area (Å²) in [5.41, 5.74) is 2.44. The summed E-state index contributed by atoms with van der Waals surface area (Å²) >= 11 is 1.90. The summed E-state index contributed by atoms with van der Waals surface area (Å²) in [5.74, 6) is 3.09. The van der Waals surface area contributed by atoms with Crippen LogP contribution in [0, 0.1) is 6.92 Å². The van der Waals surface area contributed by atoms with Gasteiger partial charge in [0.1, 0.15) is 5.75 Å². The van der Waals surface area contributed by atoms with Crippen molar-refractivity contribution in [3.8, 4) is 5.75 Å². The van der Waals surface area contributed by atoms with Crippen LogP contribution >= 0.6 is 35.7 Å². The standard InChI is InChI=1S/C18H31N3OS.HI/c1-5-19-18(20-11-6-7-13-23-4)21-12-10-16-9-8-15(2)17(14-16)22-3;/h8-9,14H,5-7,10-13H2,1-4H3,(H2,19,20,21);1H. The normalized spacial score (nSPS) is 10.9. The molecule has 0 spiro atoms. The van der Waals surface area contributed by atoms with Gasteiger partial charge in [0.25, 0.3) is 0 Å². The largest absolute Gasteiger partial charge is 0.496 e. The maximum atomic E-state index is 5.38. The third-order valence-corrected chi connectivity index (χ3v) is 4.25. The van der Waals surface area contributed by atoms with Crippen molar-refractivity contribution >= 4 is 41.7 Å². The first-order valence-electron chi connectivity index (χ1n) is 8.35. The molecule has 0 aliphatic rings. The molecule has 0 amide bonds. The first-order valence-corrected chi connectivity index (χ1v) is 9.75. The van der Waals surface area contributed by atoms with Crippen LogP contribution in [0.5, 0.6) is 5.75 Å². The van der Waals surface area contributed by atoms with E-state index in [9.17, 15) is 0 Å². The van der Waals surface area contributed by atoms with Crippen LogP contribution in [0.2, 0.25) is 0 Å². The average Bonchev–Trinajstić information content (AvgIpc) is 2.56. The Morgan fingerprint density at radius 3 is 2.71 bits per heavy atom. The number of aliphatic imine (C=N–C) groups is 1. The number of guanidine groups is 1. The van der Waals surface area contributed by atoms with Gasteiger partial charge < -0.3 is 15.4 Å². The fourth-order valence-corrected chi connectivity index (χ4v) is 2.73. The second-order valence-electron chi connectivity index (χ2n) is 5.44. The van der Waals surface area contributed by atoms with Gasteiger partial charge in [-0.3, -0.25) is 4.99 Å². The molecule has 0 saturated heterocycles. The molecule has 1 rings (SSSR count). The van der Waals surface area contributed by atoms with Crippen LogP contribution in [0.3, 0.4) is 0 Å². The number of benzene rings is 1. The van der Waals surface area contributed by atoms with E-state index >= 15 is 0 Å². The lowest BCUT2D eigenvalue weighted by Gasteiger charge is -2.12. The third-order valence-electron chi connectivity index (χ3n) is 3.55. The minimum Gasteiger partial charge on any atom is -0.496 e. The minimum atomic E-state index is 0. The van der Waals surface area contributed by atoms with E-state index < -0.39 is 0 Å². The van der Waals surface area contributed by atoms with E-state index in [0.717, 1.165) is 44.2 Å². The van der Waals surface area contributed by atoms with Crippen molar-refractivity contribution in [3.05, 3.63) is 29.3 Å². The Balaban J connectivity index is 0.00000529. The first-order chi connectivity index (χ1) is 11.2. The third kappa shape index (κ3) is 9.61. The molecule has 0 aliphatic heterocycles. The quantitative estimate of drug-likeness (QED) is 0.239. The fraction of sp³-hybridized carbons (Fsp3) is 0.611. The maximum absolute atomic E-state index is 5.38. The van der Waals surface area contributed by atoms with E-state index in [0.29, 0.717) is 0 Å². The lowest BCUT2D eigenvalue weighted by atomic mass is 10.1. The molecule has 1 aromatic rings. The lowest BCUT2D eigenvalue weighted by Crippen LogP contribution is -2.38. The highest BCUT2D eigenvalue weighted by Crippen LogP contribution is 2.18. The number of hydrogen-bond donors (Lipinski definition) is 2. The number of methoxy groups -OCH3 is 1. The van der Waals surface area contributed by atoms with Gasteiger partial charge in [0.15, 0.2) is 5.96 Å². The zero-order valence-corrected chi connectivity index (χ0v) is 18.5. The number of rotatable bonds is 10. The first kappa shape index (κ1) is 23.4. The van der Waals surface area contributed by atoms with Crippen LogP contribution in [0.25, 0.3) is 0 Å². The van der Waals surface area contributed by atoms with Crippen molar-refractivity contribution in [2.24, 2.45) is 4.99 Å². The number of unbranched alkanes of at least 4 members (excludes halogenated alkanes) is 1. The smallest absolute Gasteiger partial charge is 0.191 e. The molecule has 6 heteroatoms. The van der Waals surface area contributed by atoms with Gasteiger partial charge in [-0.2, -0.15) is 11.8 Å². The highest BCUT2D eigenvalue weighted by molar-refractivity contribution is 14.0. The van der Waals surface area contributed by atoms with Gasteiger partial charge in [-0.05, 0) is 62.3 Å². The number of hydrogen-bond acceptors (Lipinski definition) is 3. The van der Waals surface area contributed by atoms with Crippen molar-refractivity contribution in [2.75, 3.05) is 38.8 Å². The summed E-state index contributed by atoms with van der Waals surface area (Å²) in [4.78, 5) is 4.62. The van der Waals surface area contributed by atoms with Gasteiger partial charge in [0.2, 0.25) is 0 Å². The number of nitrogens with one attached hydrogen (secondary N) is 2. The Labute approximate surface area is 168 Å². The summed E-state index contributed by atoms with van der Waals surface area (Å²) in [6.45, 7) is 6.79. The lowest BCUT2D eigenvalue weighted by molar-refractivity contribution is 0.411. The van der Waals surface area contributed by atoms with Crippen LogP contribution in [0.1, 0.15) is 30.9 Å². The highest BCUT2D eigenvalue weighted by Gasteiger charge is 2.01. The predicted octanol–water partition coefficient (Wildman–Crippen LogP) is 3.86. The minimum absolute atomic E-state index is 0. The van der Waals surface area contributed by atoms with Crippen molar-refractivity contribution in [1.82, 2.24) is 10.6 Å². The van der Waals surface area contributed by atoms with Crippen molar-refractivity contribution in [3.63, 3.8) is 0 Å². The molecule has 1 aromatic carbocycles. The topological polar surface area (TPSA) is 45.7 Å². The summed E-state index contributed by atoms with van der Waals surface area (Å²) < 4.78 is 5.38. The SMILES string of the molecule is CCNC(=NCCCCSC)NCCc1ccc(C)c(OC)c1.I. The molecule has 24 heavy (non-hydrogen) atoms. The van der Waals surface area contributed by atoms with Crippen molar-refractivity contribution in [1.29, 1.82) is 0 Å². The maximum Gasteiger partial charge on any atom is 0.191 e. The summed E-state index contributed by atoms with van der Waals surface area (Å²) in [7, 11) is 1.72. The summed E-state index contributed by atoms with van der Waals surface area (Å²) in [5, 5.41) is 6.71. The van der Waals surface area contributed by atoms with Crippen molar-refractivity contribution in [2.45, 2.75) is 33.1 Å². The molecule has 0 unspecified atom stereocenters. The van der Waals surface area contributed by atoms with Crippen LogP contribution in [0.4, 0.5) is 0 Å². The number of aryl methyl sites for hydroxylation is 1. The number of nitrogens with zero attached hydrogens (tertiary/aromatic N) is 1. The molecule has 0 aliphatic carbocycles. The summed E-state index contributed by atoms with van der Waals surface area (Å²) in [6, 6.07) is 6.38. The van der Waals surface area contributed by atoms with Gasteiger partial charge in [-0.15, -0.1) is 24.0 Å². The Morgan fingerprint density at radius 1 is 1.25 bits per heavy atom. The van der Waals surface area contributed by atoms with Crippen molar-refractivity contribution < 1.29 is 4.74 Å². The molecule has 2 N–H and O–H groups in total. The second kappa shape index (κ2) is 14.7. The monoisotopic (exact) mass is 465 g/mol. The molecule has 0 heterocycles. The number of thioether (sulfide) groups is 1. The predicted molar refractivity (Wildman–Crippen MR) is 118 cm³/mol. The number of ether oxygens (including phenoxy) is 1. The second-order valence-corrected chi connectivity index (χ2v) is 6.43. The van der Waals surface area contributed by atoms with E-state index in [1.54, 1.807) is 7.11 Å². The molecule has 138 valence electrons. The van der Waals surface area contributed by atoms with Crippen LogP contribution in [-0.4, -0.2) is 44.7 Å². The van der Waals surface area contributed by atoms with Gasteiger partial charge >= 0.3 is 0 Å². The zero-order chi connectivity index (χ0) is 16.9. The molecule has 0 aromatic heterocycles. The molecular weight excluding hydrogens is 433 g/mol. The molecular formula is C18H32IN3OS. The Kier molecular flexibility index (Phi) is 14.3. The van der Waals surface area contributed by atoms with E-state index in [-0.39, 0.29) is 24.0 Å². The van der Waals surface area contributed by atoms with E-state index in [1.165, 1.54) is 23.3 Å². The van der Waals surface area contributed by atoms with Gasteiger partial charge in [-0.25, -0.2) is 0 Å². The molecule has 4 nitrogen and oxygen atoms in total. The van der Waals surface area contributed by atoms with Crippen LogP contribution in [0.15, 0.2) is 23.2 Å². The average molecular weight is 465 g/mol. The molecule has 0 fully saturated rings. The molecule has 0 atom stereocenters. The van der Waals surface area contributed by atoms with Gasteiger partial charge in [-0.1, -0.05) is 12.1 Å².